The lowest BCUT2D eigenvalue weighted by Gasteiger charge is -2.03. The molecule has 0 saturated heterocycles. The van der Waals surface area contributed by atoms with Crippen LogP contribution in [0.5, 0.6) is 0 Å². The van der Waals surface area contributed by atoms with Gasteiger partial charge in [-0.2, -0.15) is 0 Å². The normalized spacial score (nSPS) is 11.7. The van der Waals surface area contributed by atoms with Crippen LogP contribution in [0.15, 0.2) is 47.3 Å². The summed E-state index contributed by atoms with van der Waals surface area (Å²) in [4.78, 5) is 29.9. The Morgan fingerprint density at radius 2 is 1.92 bits per heavy atom. The average Bonchev–Trinajstić information content (AvgIpc) is 2.56. The summed E-state index contributed by atoms with van der Waals surface area (Å²) in [5, 5.41) is 9.43. The second-order valence-electron chi connectivity index (χ2n) is 5.00. The molecule has 0 amide bonds. The van der Waals surface area contributed by atoms with E-state index in [9.17, 15) is 14.0 Å². The summed E-state index contributed by atoms with van der Waals surface area (Å²) in [6.45, 7) is 0. The number of aromatic nitrogens is 2. The number of benzene rings is 2. The molecule has 0 bridgehead atoms. The fraction of sp³-hybridized carbons (Fsp3) is 0. The second kappa shape index (κ2) is 6.25. The van der Waals surface area contributed by atoms with Crippen molar-refractivity contribution in [2.45, 2.75) is 0 Å². The van der Waals surface area contributed by atoms with Gasteiger partial charge in [0.25, 0.3) is 5.56 Å². The molecule has 5 nitrogen and oxygen atoms in total. The maximum atomic E-state index is 12.9. The highest BCUT2D eigenvalue weighted by molar-refractivity contribution is 6.50. The van der Waals surface area contributed by atoms with Crippen molar-refractivity contribution in [3.05, 3.63) is 75.6 Å². The summed E-state index contributed by atoms with van der Waals surface area (Å²) >= 11 is 6.17. The summed E-state index contributed by atoms with van der Waals surface area (Å²) in [6, 6.07) is 9.65. The molecule has 0 atom stereocenters. The first-order valence-electron chi connectivity index (χ1n) is 6.84. The zero-order valence-electron chi connectivity index (χ0n) is 12.1. The van der Waals surface area contributed by atoms with Crippen molar-refractivity contribution in [2.75, 3.05) is 0 Å². The van der Waals surface area contributed by atoms with Gasteiger partial charge in [-0.25, -0.2) is 14.2 Å². The van der Waals surface area contributed by atoms with Crippen molar-refractivity contribution in [2.24, 2.45) is 0 Å². The van der Waals surface area contributed by atoms with E-state index in [1.54, 1.807) is 0 Å². The predicted molar refractivity (Wildman–Crippen MR) is 89.4 cm³/mol. The fourth-order valence-electron chi connectivity index (χ4n) is 2.16. The second-order valence-corrected chi connectivity index (χ2v) is 5.40. The summed E-state index contributed by atoms with van der Waals surface area (Å²) in [5.74, 6) is -1.39. The Hall–Kier alpha value is -2.99. The average molecular weight is 345 g/mol. The van der Waals surface area contributed by atoms with E-state index in [0.717, 1.165) is 0 Å². The van der Waals surface area contributed by atoms with E-state index in [0.29, 0.717) is 5.56 Å². The number of halogens is 2. The highest BCUT2D eigenvalue weighted by Crippen LogP contribution is 2.20. The molecule has 0 spiro atoms. The molecule has 120 valence electrons. The highest BCUT2D eigenvalue weighted by Gasteiger charge is 2.10. The lowest BCUT2D eigenvalue weighted by atomic mass is 10.1. The first kappa shape index (κ1) is 15.9. The number of nitrogens with one attached hydrogen (secondary N) is 1. The molecule has 24 heavy (non-hydrogen) atoms. The van der Waals surface area contributed by atoms with E-state index in [-0.39, 0.29) is 33.1 Å². The lowest BCUT2D eigenvalue weighted by molar-refractivity contribution is 0.0697. The molecule has 0 radical (unpaired) electrons. The van der Waals surface area contributed by atoms with Crippen molar-refractivity contribution >= 4 is 39.6 Å². The van der Waals surface area contributed by atoms with Crippen molar-refractivity contribution in [1.29, 1.82) is 0 Å². The third-order valence-corrected chi connectivity index (χ3v) is 3.63. The molecule has 3 rings (SSSR count). The van der Waals surface area contributed by atoms with Gasteiger partial charge >= 0.3 is 5.97 Å². The molecule has 1 aromatic heterocycles. The topological polar surface area (TPSA) is 83.0 Å². The number of aromatic carboxylic acids is 1. The van der Waals surface area contributed by atoms with Gasteiger partial charge in [0.05, 0.1) is 21.5 Å². The first-order valence-corrected chi connectivity index (χ1v) is 7.22. The van der Waals surface area contributed by atoms with Gasteiger partial charge in [0.1, 0.15) is 5.82 Å². The molecule has 1 heterocycles. The van der Waals surface area contributed by atoms with Crippen LogP contribution in [0.4, 0.5) is 4.39 Å². The van der Waals surface area contributed by atoms with Crippen molar-refractivity contribution in [1.82, 2.24) is 9.97 Å². The molecule has 7 heteroatoms. The summed E-state index contributed by atoms with van der Waals surface area (Å²) in [5.41, 5.74) is 0.436. The Morgan fingerprint density at radius 3 is 2.58 bits per heavy atom. The van der Waals surface area contributed by atoms with Crippen molar-refractivity contribution in [3.8, 4) is 0 Å². The van der Waals surface area contributed by atoms with E-state index < -0.39 is 11.5 Å². The number of rotatable bonds is 3. The van der Waals surface area contributed by atoms with Crippen LogP contribution in [0.25, 0.3) is 22.0 Å². The Bertz CT molecular complexity index is 1030. The van der Waals surface area contributed by atoms with Crippen molar-refractivity contribution < 1.29 is 14.3 Å². The molecule has 2 aromatic carbocycles. The molecule has 0 fully saturated rings. The quantitative estimate of drug-likeness (QED) is 0.761. The highest BCUT2D eigenvalue weighted by atomic mass is 35.5. The van der Waals surface area contributed by atoms with E-state index in [2.05, 4.69) is 9.97 Å². The Kier molecular flexibility index (Phi) is 4.14. The van der Waals surface area contributed by atoms with Crippen molar-refractivity contribution in [3.63, 3.8) is 0 Å². The van der Waals surface area contributed by atoms with Crippen LogP contribution in [-0.2, 0) is 0 Å². The Balaban J connectivity index is 2.10. The zero-order chi connectivity index (χ0) is 17.3. The summed E-state index contributed by atoms with van der Waals surface area (Å²) < 4.78 is 12.9. The number of aromatic amines is 1. The largest absolute Gasteiger partial charge is 0.478 e. The third kappa shape index (κ3) is 3.18. The first-order chi connectivity index (χ1) is 11.4. The number of H-pyrrole nitrogens is 1. The summed E-state index contributed by atoms with van der Waals surface area (Å²) in [7, 11) is 0. The van der Waals surface area contributed by atoms with E-state index in [4.69, 9.17) is 16.7 Å². The fourth-order valence-corrected chi connectivity index (χ4v) is 2.37. The zero-order valence-corrected chi connectivity index (χ0v) is 12.8. The minimum Gasteiger partial charge on any atom is -0.478 e. The van der Waals surface area contributed by atoms with Crippen LogP contribution in [0.1, 0.15) is 21.7 Å². The SMILES string of the molecule is O=C(O)c1ccc2c(=O)[nH]c(/C(Cl)=C/c3ccc(F)cc3)nc2c1. The molecule has 3 aromatic rings. The number of hydrogen-bond acceptors (Lipinski definition) is 3. The van der Waals surface area contributed by atoms with Gasteiger partial charge in [0, 0.05) is 0 Å². The molecular formula is C17H10ClFN2O3. The molecule has 0 aliphatic carbocycles. The maximum Gasteiger partial charge on any atom is 0.335 e. The smallest absolute Gasteiger partial charge is 0.335 e. The Morgan fingerprint density at radius 1 is 1.21 bits per heavy atom. The number of carbonyl (C=O) groups is 1. The number of nitrogens with zero attached hydrogens (tertiary/aromatic N) is 1. The molecular weight excluding hydrogens is 335 g/mol. The van der Waals surface area contributed by atoms with Gasteiger partial charge in [0.15, 0.2) is 5.82 Å². The van der Waals surface area contributed by atoms with Crippen LogP contribution < -0.4 is 5.56 Å². The monoisotopic (exact) mass is 344 g/mol. The summed E-state index contributed by atoms with van der Waals surface area (Å²) in [6.07, 6.45) is 1.52. The van der Waals surface area contributed by atoms with Crippen LogP contribution in [0, 0.1) is 5.82 Å². The van der Waals surface area contributed by atoms with Gasteiger partial charge < -0.3 is 10.1 Å². The van der Waals surface area contributed by atoms with Gasteiger partial charge in [0.2, 0.25) is 0 Å². The minimum atomic E-state index is -1.12. The van der Waals surface area contributed by atoms with Gasteiger partial charge in [-0.1, -0.05) is 23.7 Å². The van der Waals surface area contributed by atoms with Crippen LogP contribution in [-0.4, -0.2) is 21.0 Å². The third-order valence-electron chi connectivity index (χ3n) is 3.34. The van der Waals surface area contributed by atoms with Crippen LogP contribution >= 0.6 is 11.6 Å². The van der Waals surface area contributed by atoms with Crippen LogP contribution in [0.2, 0.25) is 0 Å². The lowest BCUT2D eigenvalue weighted by Crippen LogP contribution is -2.11. The predicted octanol–water partition coefficient (Wildman–Crippen LogP) is 3.50. The number of carboxylic acid groups (broad SMARTS) is 1. The van der Waals surface area contributed by atoms with E-state index in [1.165, 1.54) is 48.5 Å². The molecule has 0 aliphatic heterocycles. The van der Waals surface area contributed by atoms with E-state index in [1.807, 2.05) is 0 Å². The molecule has 2 N–H and O–H groups in total. The number of fused-ring (bicyclic) bond motifs is 1. The Labute approximate surface area is 140 Å². The maximum absolute atomic E-state index is 12.9. The van der Waals surface area contributed by atoms with Gasteiger partial charge in [-0.05, 0) is 42.0 Å². The van der Waals surface area contributed by atoms with Gasteiger partial charge in [-0.15, -0.1) is 0 Å². The van der Waals surface area contributed by atoms with E-state index >= 15 is 0 Å². The van der Waals surface area contributed by atoms with Crippen LogP contribution in [0.3, 0.4) is 0 Å². The molecule has 0 aliphatic rings. The molecule has 0 unspecified atom stereocenters. The number of carboxylic acids is 1. The number of hydrogen-bond donors (Lipinski definition) is 2. The standard InChI is InChI=1S/C17H10ClFN2O3/c18-13(7-9-1-4-11(19)5-2-9)15-20-14-8-10(17(23)24)3-6-12(14)16(22)21-15/h1-8H,(H,23,24)(H,20,21,22)/b13-7-. The minimum absolute atomic E-state index is 0.0187. The van der Waals surface area contributed by atoms with Gasteiger partial charge in [-0.3, -0.25) is 4.79 Å². The molecule has 0 saturated carbocycles.